The molecule has 1 fully saturated rings. The van der Waals surface area contributed by atoms with Gasteiger partial charge >= 0.3 is 11.5 Å². The predicted octanol–water partition coefficient (Wildman–Crippen LogP) is 7.38. The van der Waals surface area contributed by atoms with Crippen LogP contribution in [0.5, 0.6) is 5.75 Å². The third-order valence-electron chi connectivity index (χ3n) is 6.49. The molecule has 3 aromatic rings. The summed E-state index contributed by atoms with van der Waals surface area (Å²) in [6, 6.07) is 14.5. The van der Waals surface area contributed by atoms with Crippen molar-refractivity contribution in [2.24, 2.45) is 5.92 Å². The van der Waals surface area contributed by atoms with E-state index in [1.54, 1.807) is 44.2 Å². The fraction of sp³-hybridized carbons (Fsp3) is 0.357. The smallest absolute Gasteiger partial charge is 0.446 e. The maximum Gasteiger partial charge on any atom is 0.446 e. The molecule has 1 aliphatic rings. The van der Waals surface area contributed by atoms with E-state index in [4.69, 9.17) is 4.74 Å². The summed E-state index contributed by atoms with van der Waals surface area (Å²) in [6.07, 6.45) is -0.234. The van der Waals surface area contributed by atoms with Gasteiger partial charge in [-0.15, -0.1) is 0 Å². The number of aliphatic carboxylic acids is 1. The summed E-state index contributed by atoms with van der Waals surface area (Å²) in [7, 11) is 0. The molecular weight excluding hydrogens is 573 g/mol. The van der Waals surface area contributed by atoms with Crippen molar-refractivity contribution in [3.63, 3.8) is 0 Å². The number of rotatable bonds is 11. The number of carboxylic acids is 1. The molecule has 214 valence electrons. The Bertz CT molecular complexity index is 1400. The van der Waals surface area contributed by atoms with Gasteiger partial charge in [0.1, 0.15) is 18.4 Å². The van der Waals surface area contributed by atoms with Crippen LogP contribution in [0.25, 0.3) is 10.8 Å². The molecule has 2 N–H and O–H groups in total. The lowest BCUT2D eigenvalue weighted by molar-refractivity contribution is -0.139. The summed E-state index contributed by atoms with van der Waals surface area (Å²) in [5.41, 5.74) is -3.79. The van der Waals surface area contributed by atoms with Gasteiger partial charge in [0.05, 0.1) is 5.56 Å². The van der Waals surface area contributed by atoms with E-state index in [0.29, 0.717) is 10.9 Å². The Balaban J connectivity index is 1.55. The van der Waals surface area contributed by atoms with Crippen LogP contribution in [-0.2, 0) is 11.4 Å². The Morgan fingerprint density at radius 2 is 1.73 bits per heavy atom. The van der Waals surface area contributed by atoms with Gasteiger partial charge in [0.15, 0.2) is 0 Å². The van der Waals surface area contributed by atoms with Gasteiger partial charge in [-0.25, -0.2) is 13.6 Å². The number of ether oxygens (including phenoxy) is 1. The van der Waals surface area contributed by atoms with Crippen molar-refractivity contribution in [3.05, 3.63) is 71.8 Å². The van der Waals surface area contributed by atoms with Crippen molar-refractivity contribution >= 4 is 46.2 Å². The SMILES string of the molecule is CC(C)(SCC1CC1(F)F)C(NC(=O)c1ccc2ccccc2c1OCc1ccc(SC(F)(F)F)cc1)C(=O)O. The Hall–Kier alpha value is -2.99. The van der Waals surface area contributed by atoms with Crippen LogP contribution in [-0.4, -0.2) is 45.0 Å². The van der Waals surface area contributed by atoms with Crippen molar-refractivity contribution in [2.45, 2.75) is 54.0 Å². The molecule has 0 bridgehead atoms. The van der Waals surface area contributed by atoms with Crippen molar-refractivity contribution in [1.82, 2.24) is 5.32 Å². The summed E-state index contributed by atoms with van der Waals surface area (Å²) >= 11 is 0.835. The molecule has 0 saturated heterocycles. The highest BCUT2D eigenvalue weighted by Gasteiger charge is 2.57. The second kappa shape index (κ2) is 11.5. The fourth-order valence-electron chi connectivity index (χ4n) is 4.11. The quantitative estimate of drug-likeness (QED) is 0.177. The molecule has 4 rings (SSSR count). The first-order chi connectivity index (χ1) is 18.7. The molecule has 5 nitrogen and oxygen atoms in total. The summed E-state index contributed by atoms with van der Waals surface area (Å²) in [4.78, 5) is 25.6. The van der Waals surface area contributed by atoms with E-state index in [2.05, 4.69) is 5.32 Å². The molecule has 40 heavy (non-hydrogen) atoms. The molecule has 1 amide bonds. The number of halogens is 5. The van der Waals surface area contributed by atoms with E-state index >= 15 is 0 Å². The monoisotopic (exact) mass is 599 g/mol. The number of carboxylic acid groups (broad SMARTS) is 1. The molecule has 2 unspecified atom stereocenters. The number of hydrogen-bond donors (Lipinski definition) is 2. The molecule has 0 radical (unpaired) electrons. The van der Waals surface area contributed by atoms with Crippen LogP contribution in [0.4, 0.5) is 22.0 Å². The topological polar surface area (TPSA) is 75.6 Å². The van der Waals surface area contributed by atoms with Crippen molar-refractivity contribution in [1.29, 1.82) is 0 Å². The molecule has 0 spiro atoms. The van der Waals surface area contributed by atoms with Crippen molar-refractivity contribution in [3.8, 4) is 5.75 Å². The van der Waals surface area contributed by atoms with Gasteiger partial charge in [-0.1, -0.05) is 42.5 Å². The first kappa shape index (κ1) is 30.0. The van der Waals surface area contributed by atoms with Crippen LogP contribution in [0.15, 0.2) is 65.6 Å². The Morgan fingerprint density at radius 3 is 2.33 bits per heavy atom. The lowest BCUT2D eigenvalue weighted by atomic mass is 10.0. The van der Waals surface area contributed by atoms with Gasteiger partial charge in [0.25, 0.3) is 11.8 Å². The maximum atomic E-state index is 13.4. The summed E-state index contributed by atoms with van der Waals surface area (Å²) in [5.74, 6) is -5.35. The van der Waals surface area contributed by atoms with Gasteiger partial charge in [-0.2, -0.15) is 24.9 Å². The number of carbonyl (C=O) groups is 2. The normalized spacial score (nSPS) is 17.3. The Kier molecular flexibility index (Phi) is 8.60. The third kappa shape index (κ3) is 7.39. The largest absolute Gasteiger partial charge is 0.487 e. The van der Waals surface area contributed by atoms with Gasteiger partial charge < -0.3 is 15.2 Å². The summed E-state index contributed by atoms with van der Waals surface area (Å²) in [6.45, 7) is 3.09. The molecule has 1 saturated carbocycles. The lowest BCUT2D eigenvalue weighted by Gasteiger charge is -2.31. The third-order valence-corrected chi connectivity index (χ3v) is 8.78. The summed E-state index contributed by atoms with van der Waals surface area (Å²) < 4.78 is 69.5. The number of amides is 1. The predicted molar refractivity (Wildman–Crippen MR) is 145 cm³/mol. The molecule has 12 heteroatoms. The number of carbonyl (C=O) groups excluding carboxylic acids is 1. The number of hydrogen-bond acceptors (Lipinski definition) is 5. The Morgan fingerprint density at radius 1 is 1.07 bits per heavy atom. The number of fused-ring (bicyclic) bond motifs is 1. The second-order valence-electron chi connectivity index (χ2n) is 9.97. The molecule has 3 aromatic carbocycles. The number of benzene rings is 3. The minimum atomic E-state index is -4.41. The van der Waals surface area contributed by atoms with Crippen LogP contribution in [0.2, 0.25) is 0 Å². The zero-order chi connectivity index (χ0) is 29.3. The average molecular weight is 600 g/mol. The number of thioether (sulfide) groups is 2. The van der Waals surface area contributed by atoms with Crippen LogP contribution in [0.3, 0.4) is 0 Å². The first-order valence-corrected chi connectivity index (χ1v) is 14.0. The number of nitrogens with one attached hydrogen (secondary N) is 1. The van der Waals surface area contributed by atoms with E-state index in [1.807, 2.05) is 0 Å². The fourth-order valence-corrected chi connectivity index (χ4v) is 5.97. The second-order valence-corrected chi connectivity index (χ2v) is 12.8. The molecule has 0 aliphatic heterocycles. The van der Waals surface area contributed by atoms with Crippen LogP contribution in [0.1, 0.15) is 36.2 Å². The van der Waals surface area contributed by atoms with Gasteiger partial charge in [0, 0.05) is 33.1 Å². The van der Waals surface area contributed by atoms with Gasteiger partial charge in [-0.3, -0.25) is 4.79 Å². The highest BCUT2D eigenvalue weighted by molar-refractivity contribution is 8.00. The molecular formula is C28H26F5NO4S2. The van der Waals surface area contributed by atoms with Crippen LogP contribution >= 0.6 is 23.5 Å². The lowest BCUT2D eigenvalue weighted by Crippen LogP contribution is -2.52. The molecule has 0 aromatic heterocycles. The van der Waals surface area contributed by atoms with E-state index in [1.165, 1.54) is 30.3 Å². The van der Waals surface area contributed by atoms with E-state index in [9.17, 15) is 36.6 Å². The van der Waals surface area contributed by atoms with E-state index in [0.717, 1.165) is 17.1 Å². The van der Waals surface area contributed by atoms with E-state index < -0.39 is 40.0 Å². The average Bonchev–Trinajstić information content (AvgIpc) is 3.50. The van der Waals surface area contributed by atoms with Crippen LogP contribution in [0, 0.1) is 5.92 Å². The molecule has 1 aliphatic carbocycles. The molecule has 0 heterocycles. The standard InChI is InChI=1S/C28H26F5NO4S2/c1-26(2,39-15-18-13-27(18,29)30)23(25(36)37)34-24(35)21-12-9-17-5-3-4-6-20(17)22(21)38-14-16-7-10-19(11-8-16)40-28(31,32)33/h3-12,18,23H,13-15H2,1-2H3,(H,34,35)(H,36,37). The first-order valence-electron chi connectivity index (χ1n) is 12.2. The highest BCUT2D eigenvalue weighted by atomic mass is 32.2. The van der Waals surface area contributed by atoms with E-state index in [-0.39, 0.29) is 46.8 Å². The van der Waals surface area contributed by atoms with Crippen molar-refractivity contribution in [2.75, 3.05) is 5.75 Å². The molecule has 2 atom stereocenters. The minimum Gasteiger partial charge on any atom is -0.487 e. The Labute approximate surface area is 235 Å². The van der Waals surface area contributed by atoms with Gasteiger partial charge in [-0.05, 0) is 54.8 Å². The maximum absolute atomic E-state index is 13.4. The number of alkyl halides is 5. The summed E-state index contributed by atoms with van der Waals surface area (Å²) in [5, 5.41) is 13.8. The highest BCUT2D eigenvalue weighted by Crippen LogP contribution is 2.51. The van der Waals surface area contributed by atoms with Crippen LogP contribution < -0.4 is 10.1 Å². The zero-order valence-corrected chi connectivity index (χ0v) is 23.1. The zero-order valence-electron chi connectivity index (χ0n) is 21.4. The van der Waals surface area contributed by atoms with Gasteiger partial charge in [0.2, 0.25) is 0 Å². The minimum absolute atomic E-state index is 0.0204. The van der Waals surface area contributed by atoms with Crippen molar-refractivity contribution < 1.29 is 41.4 Å².